The molecule has 198 valence electrons. The quantitative estimate of drug-likeness (QED) is 0.446. The number of ketones is 4. The van der Waals surface area contributed by atoms with Gasteiger partial charge in [0.05, 0.1) is 17.6 Å². The Bertz CT molecular complexity index is 1200. The SMILES string of the molecule is CCC1(NC(=O)C2C(=O)C[C@@H]3[C@@H](O)[C@H]4C(C(=O)c5c(O)cccc5[C@@H]4C)C(=O)[C@]3(O)C2=O)CCCCC1. The van der Waals surface area contributed by atoms with Crippen LogP contribution in [0.1, 0.15) is 80.6 Å². The van der Waals surface area contributed by atoms with Crippen molar-refractivity contribution >= 4 is 29.0 Å². The summed E-state index contributed by atoms with van der Waals surface area (Å²) in [5.41, 5.74) is -3.05. The number of amides is 1. The molecule has 1 amide bonds. The molecule has 9 nitrogen and oxygen atoms in total. The summed E-state index contributed by atoms with van der Waals surface area (Å²) in [5, 5.41) is 36.2. The Kier molecular flexibility index (Phi) is 6.15. The fourth-order valence-electron chi connectivity index (χ4n) is 7.42. The van der Waals surface area contributed by atoms with Crippen LogP contribution in [0.5, 0.6) is 5.75 Å². The van der Waals surface area contributed by atoms with Crippen LogP contribution in [0.4, 0.5) is 0 Å². The summed E-state index contributed by atoms with van der Waals surface area (Å²) in [6.07, 6.45) is 2.77. The molecule has 3 fully saturated rings. The second-order valence-corrected chi connectivity index (χ2v) is 11.3. The van der Waals surface area contributed by atoms with E-state index in [0.29, 0.717) is 24.8 Å². The maximum atomic E-state index is 13.8. The second kappa shape index (κ2) is 8.84. The first kappa shape index (κ1) is 25.7. The lowest BCUT2D eigenvalue weighted by Crippen LogP contribution is -2.73. The van der Waals surface area contributed by atoms with Gasteiger partial charge < -0.3 is 20.6 Å². The number of aliphatic hydroxyl groups is 2. The van der Waals surface area contributed by atoms with E-state index in [4.69, 9.17) is 0 Å². The summed E-state index contributed by atoms with van der Waals surface area (Å²) in [6.45, 7) is 3.62. The Labute approximate surface area is 214 Å². The highest BCUT2D eigenvalue weighted by Crippen LogP contribution is 2.53. The highest BCUT2D eigenvalue weighted by Gasteiger charge is 2.70. The Morgan fingerprint density at radius 2 is 1.76 bits per heavy atom. The molecule has 2 unspecified atom stereocenters. The maximum Gasteiger partial charge on any atom is 0.238 e. The van der Waals surface area contributed by atoms with Crippen LogP contribution in [0, 0.1) is 23.7 Å². The van der Waals surface area contributed by atoms with E-state index in [9.17, 15) is 39.3 Å². The van der Waals surface area contributed by atoms with Crippen LogP contribution < -0.4 is 5.32 Å². The molecule has 3 saturated carbocycles. The first-order valence-electron chi connectivity index (χ1n) is 13.2. The topological polar surface area (TPSA) is 158 Å². The normalized spacial score (nSPS) is 36.9. The van der Waals surface area contributed by atoms with Gasteiger partial charge in [0, 0.05) is 23.8 Å². The van der Waals surface area contributed by atoms with Crippen LogP contribution in [0.2, 0.25) is 0 Å². The van der Waals surface area contributed by atoms with Gasteiger partial charge in [0.1, 0.15) is 5.75 Å². The number of fused-ring (bicyclic) bond motifs is 3. The average molecular weight is 512 g/mol. The molecule has 4 aliphatic carbocycles. The second-order valence-electron chi connectivity index (χ2n) is 11.3. The van der Waals surface area contributed by atoms with Gasteiger partial charge in [0.15, 0.2) is 34.7 Å². The van der Waals surface area contributed by atoms with E-state index in [1.54, 1.807) is 19.1 Å². The third-order valence-corrected chi connectivity index (χ3v) is 9.58. The molecule has 0 aromatic heterocycles. The number of nitrogens with one attached hydrogen (secondary N) is 1. The van der Waals surface area contributed by atoms with Crippen molar-refractivity contribution in [3.63, 3.8) is 0 Å². The van der Waals surface area contributed by atoms with Gasteiger partial charge in [-0.2, -0.15) is 0 Å². The fourth-order valence-corrected chi connectivity index (χ4v) is 7.42. The lowest BCUT2D eigenvalue weighted by Gasteiger charge is -2.53. The van der Waals surface area contributed by atoms with E-state index in [-0.39, 0.29) is 11.3 Å². The molecular formula is C28H33NO8. The Hall–Kier alpha value is -2.91. The zero-order valence-electron chi connectivity index (χ0n) is 21.0. The van der Waals surface area contributed by atoms with E-state index < -0.39 is 82.3 Å². The number of rotatable bonds is 3. The molecule has 1 aromatic rings. The van der Waals surface area contributed by atoms with E-state index in [1.165, 1.54) is 6.07 Å². The van der Waals surface area contributed by atoms with Crippen LogP contribution in [-0.2, 0) is 19.2 Å². The smallest absolute Gasteiger partial charge is 0.238 e. The highest BCUT2D eigenvalue weighted by atomic mass is 16.3. The summed E-state index contributed by atoms with van der Waals surface area (Å²) < 4.78 is 0. The number of hydrogen-bond acceptors (Lipinski definition) is 8. The van der Waals surface area contributed by atoms with Crippen LogP contribution in [-0.4, -0.2) is 61.6 Å². The van der Waals surface area contributed by atoms with E-state index in [0.717, 1.165) is 19.3 Å². The zero-order chi connectivity index (χ0) is 26.9. The van der Waals surface area contributed by atoms with Crippen LogP contribution in [0.25, 0.3) is 0 Å². The van der Waals surface area contributed by atoms with Gasteiger partial charge in [-0.3, -0.25) is 24.0 Å². The average Bonchev–Trinajstić information content (AvgIpc) is 2.87. The minimum Gasteiger partial charge on any atom is -0.507 e. The predicted octanol–water partition coefficient (Wildman–Crippen LogP) is 1.60. The van der Waals surface area contributed by atoms with Crippen LogP contribution in [0.15, 0.2) is 18.2 Å². The number of benzene rings is 1. The van der Waals surface area contributed by atoms with Crippen molar-refractivity contribution in [1.29, 1.82) is 0 Å². The van der Waals surface area contributed by atoms with Crippen molar-refractivity contribution in [2.24, 2.45) is 23.7 Å². The van der Waals surface area contributed by atoms with Crippen LogP contribution >= 0.6 is 0 Å². The molecule has 9 heteroatoms. The summed E-state index contributed by atoms with van der Waals surface area (Å²) in [6, 6.07) is 4.49. The van der Waals surface area contributed by atoms with Crippen molar-refractivity contribution in [1.82, 2.24) is 5.32 Å². The highest BCUT2D eigenvalue weighted by molar-refractivity contribution is 6.31. The summed E-state index contributed by atoms with van der Waals surface area (Å²) in [5.74, 6) is -11.6. The van der Waals surface area contributed by atoms with Crippen molar-refractivity contribution in [3.05, 3.63) is 29.3 Å². The number of aliphatic hydroxyl groups excluding tert-OH is 1. The molecule has 37 heavy (non-hydrogen) atoms. The molecule has 1 aromatic carbocycles. The lowest BCUT2D eigenvalue weighted by molar-refractivity contribution is -0.189. The van der Waals surface area contributed by atoms with Gasteiger partial charge in [-0.15, -0.1) is 0 Å². The first-order valence-corrected chi connectivity index (χ1v) is 13.2. The van der Waals surface area contributed by atoms with Crippen molar-refractivity contribution in [2.75, 3.05) is 0 Å². The number of Topliss-reactive ketones (excluding diaryl/α,β-unsaturated/α-hetero) is 4. The molecule has 0 radical (unpaired) electrons. The molecule has 0 aliphatic heterocycles. The van der Waals surface area contributed by atoms with E-state index in [2.05, 4.69) is 5.32 Å². The molecular weight excluding hydrogens is 478 g/mol. The van der Waals surface area contributed by atoms with Crippen molar-refractivity contribution in [3.8, 4) is 5.75 Å². The molecule has 0 saturated heterocycles. The fraction of sp³-hybridized carbons (Fsp3) is 0.607. The van der Waals surface area contributed by atoms with Crippen LogP contribution in [0.3, 0.4) is 0 Å². The number of aromatic hydroxyl groups is 1. The summed E-state index contributed by atoms with van der Waals surface area (Å²) >= 11 is 0. The summed E-state index contributed by atoms with van der Waals surface area (Å²) in [4.78, 5) is 67.4. The molecule has 7 atom stereocenters. The Morgan fingerprint density at radius 1 is 1.08 bits per heavy atom. The Balaban J connectivity index is 1.52. The molecule has 0 bridgehead atoms. The number of carbonyl (C=O) groups is 5. The molecule has 4 aliphatic rings. The third-order valence-electron chi connectivity index (χ3n) is 9.58. The zero-order valence-corrected chi connectivity index (χ0v) is 21.0. The minimum absolute atomic E-state index is 0.0744. The van der Waals surface area contributed by atoms with Crippen molar-refractivity contribution in [2.45, 2.75) is 82.0 Å². The number of hydrogen-bond donors (Lipinski definition) is 4. The van der Waals surface area contributed by atoms with Gasteiger partial charge in [0.2, 0.25) is 5.91 Å². The largest absolute Gasteiger partial charge is 0.507 e. The lowest BCUT2D eigenvalue weighted by atomic mass is 9.50. The third kappa shape index (κ3) is 3.54. The van der Waals surface area contributed by atoms with Gasteiger partial charge in [-0.25, -0.2) is 0 Å². The maximum absolute atomic E-state index is 13.8. The molecule has 4 N–H and O–H groups in total. The minimum atomic E-state index is -2.86. The summed E-state index contributed by atoms with van der Waals surface area (Å²) in [7, 11) is 0. The number of carbonyl (C=O) groups excluding carboxylic acids is 5. The molecule has 0 heterocycles. The number of phenols is 1. The molecule has 0 spiro atoms. The Morgan fingerprint density at radius 3 is 2.41 bits per heavy atom. The predicted molar refractivity (Wildman–Crippen MR) is 130 cm³/mol. The van der Waals surface area contributed by atoms with Gasteiger partial charge in [-0.05, 0) is 36.8 Å². The van der Waals surface area contributed by atoms with Gasteiger partial charge in [0.25, 0.3) is 0 Å². The molecule has 5 rings (SSSR count). The monoisotopic (exact) mass is 511 g/mol. The van der Waals surface area contributed by atoms with Crippen molar-refractivity contribution < 1.29 is 39.3 Å². The number of phenolic OH excluding ortho intramolecular Hbond substituents is 1. The van der Waals surface area contributed by atoms with Gasteiger partial charge in [-0.1, -0.05) is 45.2 Å². The first-order chi connectivity index (χ1) is 17.5. The van der Waals surface area contributed by atoms with E-state index >= 15 is 0 Å². The standard InChI is InChI=1S/C28H33NO8/c1-3-27(10-5-4-6-11-27)29-26(36)20-17(31)12-15-22(32)18-13(2)14-8-7-9-16(30)19(14)23(33)21(18)25(35)28(15,37)24(20)34/h7-9,13,15,18,20-22,30,32,37H,3-6,10-12H2,1-2H3,(H,29,36)/t13-,15+,18+,20?,21?,22+,28+/m0/s1. The van der Waals surface area contributed by atoms with Gasteiger partial charge >= 0.3 is 0 Å². The van der Waals surface area contributed by atoms with E-state index in [1.807, 2.05) is 6.92 Å².